The van der Waals surface area contributed by atoms with E-state index in [1.807, 2.05) is 27.7 Å². The number of carbonyl (C=O) groups excluding carboxylic acids is 3. The third-order valence-electron chi connectivity index (χ3n) is 5.57. The van der Waals surface area contributed by atoms with Crippen molar-refractivity contribution in [3.63, 3.8) is 0 Å². The molecule has 0 aromatic heterocycles. The zero-order chi connectivity index (χ0) is 23.8. The first kappa shape index (κ1) is 28.1. The normalized spacial score (nSPS) is 16.5. The number of nitrogens with two attached hydrogens (primary N) is 1. The summed E-state index contributed by atoms with van der Waals surface area (Å²) in [5, 5.41) is 2.90. The van der Waals surface area contributed by atoms with E-state index in [2.05, 4.69) is 11.9 Å². The molecule has 3 amide bonds. The zero-order valence-corrected chi connectivity index (χ0v) is 20.2. The van der Waals surface area contributed by atoms with Crippen molar-refractivity contribution >= 4 is 17.7 Å². The predicted octanol–water partition coefficient (Wildman–Crippen LogP) is 1.40. The Morgan fingerprint density at radius 1 is 1.13 bits per heavy atom. The summed E-state index contributed by atoms with van der Waals surface area (Å²) in [7, 11) is 6.79. The van der Waals surface area contributed by atoms with Gasteiger partial charge in [0.15, 0.2) is 0 Å². The van der Waals surface area contributed by atoms with Gasteiger partial charge in [-0.2, -0.15) is 0 Å². The summed E-state index contributed by atoms with van der Waals surface area (Å²) in [5.74, 6) is -1.05. The smallest absolute Gasteiger partial charge is 0.245 e. The van der Waals surface area contributed by atoms with Gasteiger partial charge in [-0.1, -0.05) is 46.3 Å². The Kier molecular flexibility index (Phi) is 11.9. The van der Waals surface area contributed by atoms with Crippen molar-refractivity contribution < 1.29 is 19.1 Å². The number of nitrogens with one attached hydrogen (secondary N) is 1. The maximum atomic E-state index is 13.5. The van der Waals surface area contributed by atoms with Crippen LogP contribution >= 0.6 is 0 Å². The number of methoxy groups -OCH3 is 1. The van der Waals surface area contributed by atoms with Crippen LogP contribution in [0.15, 0.2) is 12.2 Å². The number of primary amides is 1. The molecule has 0 saturated carbocycles. The standard InChI is InChI=1S/C22H42N4O4/c1-11-15(6)20(16(30-10)12-17(23)27)26(9)22(29)18(13(2)3)24-21(28)19(14(4)5)25(7)8/h13,15-16,18-20H,4,11-12H2,1-3,5-10H3,(H2,23,27)(H,24,28)/t15-,16+,18-,19-,20-/m0/s1. The molecule has 30 heavy (non-hydrogen) atoms. The largest absolute Gasteiger partial charge is 0.379 e. The molecule has 174 valence electrons. The molecule has 0 heterocycles. The first-order valence-corrected chi connectivity index (χ1v) is 10.5. The van der Waals surface area contributed by atoms with E-state index in [1.165, 1.54) is 7.11 Å². The van der Waals surface area contributed by atoms with Crippen molar-refractivity contribution in [2.24, 2.45) is 17.6 Å². The van der Waals surface area contributed by atoms with Gasteiger partial charge in [0.05, 0.1) is 18.6 Å². The van der Waals surface area contributed by atoms with Gasteiger partial charge in [0, 0.05) is 14.2 Å². The minimum absolute atomic E-state index is 0.0141. The van der Waals surface area contributed by atoms with Crippen LogP contribution in [0.1, 0.15) is 47.5 Å². The van der Waals surface area contributed by atoms with E-state index in [9.17, 15) is 14.4 Å². The molecule has 5 atom stereocenters. The van der Waals surface area contributed by atoms with Gasteiger partial charge < -0.3 is 20.7 Å². The van der Waals surface area contributed by atoms with E-state index in [4.69, 9.17) is 10.5 Å². The lowest BCUT2D eigenvalue weighted by Crippen LogP contribution is -2.59. The monoisotopic (exact) mass is 426 g/mol. The molecule has 0 unspecified atom stereocenters. The first-order valence-electron chi connectivity index (χ1n) is 10.5. The number of amides is 3. The average molecular weight is 427 g/mol. The maximum absolute atomic E-state index is 13.5. The molecule has 8 heteroatoms. The van der Waals surface area contributed by atoms with Crippen LogP contribution in [0.5, 0.6) is 0 Å². The number of ether oxygens (including phenoxy) is 1. The molecule has 0 radical (unpaired) electrons. The van der Waals surface area contributed by atoms with Crippen LogP contribution in [0.3, 0.4) is 0 Å². The lowest BCUT2D eigenvalue weighted by molar-refractivity contribution is -0.144. The summed E-state index contributed by atoms with van der Waals surface area (Å²) in [5.41, 5.74) is 6.09. The third-order valence-corrected chi connectivity index (χ3v) is 5.57. The van der Waals surface area contributed by atoms with Crippen LogP contribution in [0, 0.1) is 11.8 Å². The molecule has 0 fully saturated rings. The van der Waals surface area contributed by atoms with Crippen LogP contribution in [0.4, 0.5) is 0 Å². The molecule has 0 bridgehead atoms. The lowest BCUT2D eigenvalue weighted by atomic mass is 9.90. The number of carbonyl (C=O) groups is 3. The van der Waals surface area contributed by atoms with Gasteiger partial charge in [-0.15, -0.1) is 0 Å². The molecular weight excluding hydrogens is 384 g/mol. The Hall–Kier alpha value is -1.93. The number of nitrogens with zero attached hydrogens (tertiary/aromatic N) is 2. The van der Waals surface area contributed by atoms with Gasteiger partial charge in [0.25, 0.3) is 0 Å². The Morgan fingerprint density at radius 3 is 2.00 bits per heavy atom. The van der Waals surface area contributed by atoms with E-state index < -0.39 is 24.1 Å². The Balaban J connectivity index is 5.83. The number of hydrogen-bond acceptors (Lipinski definition) is 5. The van der Waals surface area contributed by atoms with E-state index in [0.717, 1.165) is 6.42 Å². The fourth-order valence-electron chi connectivity index (χ4n) is 3.79. The second kappa shape index (κ2) is 12.7. The molecule has 0 rings (SSSR count). The zero-order valence-electron chi connectivity index (χ0n) is 20.2. The lowest BCUT2D eigenvalue weighted by Gasteiger charge is -2.40. The van der Waals surface area contributed by atoms with Gasteiger partial charge in [-0.25, -0.2) is 0 Å². The molecule has 0 saturated heterocycles. The van der Waals surface area contributed by atoms with E-state index in [-0.39, 0.29) is 36.1 Å². The van der Waals surface area contributed by atoms with Gasteiger partial charge in [0.1, 0.15) is 12.1 Å². The van der Waals surface area contributed by atoms with Crippen LogP contribution < -0.4 is 11.1 Å². The van der Waals surface area contributed by atoms with Crippen molar-refractivity contribution in [1.82, 2.24) is 15.1 Å². The topological polar surface area (TPSA) is 105 Å². The van der Waals surface area contributed by atoms with Gasteiger partial charge in [0.2, 0.25) is 17.7 Å². The minimum atomic E-state index is -0.720. The third kappa shape index (κ3) is 7.72. The molecule has 0 aliphatic rings. The summed E-state index contributed by atoms with van der Waals surface area (Å²) in [6.45, 7) is 13.5. The molecule has 0 aliphatic heterocycles. The highest BCUT2D eigenvalue weighted by atomic mass is 16.5. The van der Waals surface area contributed by atoms with E-state index >= 15 is 0 Å². The Morgan fingerprint density at radius 2 is 1.67 bits per heavy atom. The summed E-state index contributed by atoms with van der Waals surface area (Å²) in [4.78, 5) is 41.2. The molecule has 0 aliphatic carbocycles. The van der Waals surface area contributed by atoms with Gasteiger partial charge in [-0.05, 0) is 32.9 Å². The summed E-state index contributed by atoms with van der Waals surface area (Å²) in [6, 6.07) is -1.61. The number of likely N-dealkylation sites (N-methyl/N-ethyl adjacent to an activating group) is 2. The molecule has 0 spiro atoms. The van der Waals surface area contributed by atoms with Crippen molar-refractivity contribution in [3.05, 3.63) is 12.2 Å². The molecule has 0 aromatic rings. The number of hydrogen-bond donors (Lipinski definition) is 2. The van der Waals surface area contributed by atoms with Crippen LogP contribution in [0.2, 0.25) is 0 Å². The quantitative estimate of drug-likeness (QED) is 0.433. The predicted molar refractivity (Wildman–Crippen MR) is 120 cm³/mol. The van der Waals surface area contributed by atoms with Crippen molar-refractivity contribution in [3.8, 4) is 0 Å². The fraction of sp³-hybridized carbons (Fsp3) is 0.773. The molecule has 3 N–H and O–H groups in total. The molecule has 8 nitrogen and oxygen atoms in total. The number of rotatable bonds is 13. The maximum Gasteiger partial charge on any atom is 0.245 e. The highest BCUT2D eigenvalue weighted by Gasteiger charge is 2.38. The van der Waals surface area contributed by atoms with Crippen LogP contribution in [-0.4, -0.2) is 80.0 Å². The second-order valence-corrected chi connectivity index (χ2v) is 8.71. The van der Waals surface area contributed by atoms with Crippen molar-refractivity contribution in [1.29, 1.82) is 0 Å². The highest BCUT2D eigenvalue weighted by Crippen LogP contribution is 2.23. The second-order valence-electron chi connectivity index (χ2n) is 8.71. The molecular formula is C22H42N4O4. The fourth-order valence-corrected chi connectivity index (χ4v) is 3.79. The van der Waals surface area contributed by atoms with Crippen molar-refractivity contribution in [2.45, 2.75) is 71.7 Å². The van der Waals surface area contributed by atoms with Gasteiger partial charge in [-0.3, -0.25) is 19.3 Å². The first-order chi connectivity index (χ1) is 13.8. The Labute approximate surface area is 182 Å². The Bertz CT molecular complexity index is 606. The summed E-state index contributed by atoms with van der Waals surface area (Å²) < 4.78 is 5.54. The van der Waals surface area contributed by atoms with E-state index in [0.29, 0.717) is 5.57 Å². The van der Waals surface area contributed by atoms with Crippen molar-refractivity contribution in [2.75, 3.05) is 28.3 Å². The minimum Gasteiger partial charge on any atom is -0.379 e. The molecule has 0 aromatic carbocycles. The van der Waals surface area contributed by atoms with Crippen LogP contribution in [-0.2, 0) is 19.1 Å². The summed E-state index contributed by atoms with van der Waals surface area (Å²) >= 11 is 0. The highest BCUT2D eigenvalue weighted by molar-refractivity contribution is 5.91. The summed E-state index contributed by atoms with van der Waals surface area (Å²) in [6.07, 6.45) is 0.276. The van der Waals surface area contributed by atoms with Gasteiger partial charge >= 0.3 is 0 Å². The SMILES string of the molecule is C=C(C)[C@@H](C(=O)N[C@H](C(=O)N(C)[C@@H]([C@@H](C)CC)[C@@H](CC(N)=O)OC)C(C)C)N(C)C. The average Bonchev–Trinajstić information content (AvgIpc) is 2.63. The van der Waals surface area contributed by atoms with E-state index in [1.54, 1.807) is 37.9 Å². The van der Waals surface area contributed by atoms with Crippen LogP contribution in [0.25, 0.3) is 0 Å².